The van der Waals surface area contributed by atoms with Crippen LogP contribution in [0.3, 0.4) is 0 Å². The number of amides is 1. The van der Waals surface area contributed by atoms with Gasteiger partial charge >= 0.3 is 0 Å². The van der Waals surface area contributed by atoms with Crippen LogP contribution in [0.25, 0.3) is 0 Å². The van der Waals surface area contributed by atoms with Gasteiger partial charge in [0.1, 0.15) is 0 Å². The van der Waals surface area contributed by atoms with Gasteiger partial charge in [-0.3, -0.25) is 4.79 Å². The van der Waals surface area contributed by atoms with Crippen LogP contribution in [0.15, 0.2) is 29.2 Å². The van der Waals surface area contributed by atoms with Crippen molar-refractivity contribution in [2.75, 3.05) is 19.6 Å². The number of carbonyl (C=O) groups excluding carboxylic acids is 1. The molecule has 1 aromatic carbocycles. The minimum absolute atomic E-state index is 0.0533. The van der Waals surface area contributed by atoms with Gasteiger partial charge in [-0.05, 0) is 38.0 Å². The molecular weight excluding hydrogens is 302 g/mol. The molecule has 1 aliphatic carbocycles. The van der Waals surface area contributed by atoms with Gasteiger partial charge < -0.3 is 10.2 Å². The van der Waals surface area contributed by atoms with E-state index in [1.54, 1.807) is 17.0 Å². The van der Waals surface area contributed by atoms with E-state index in [9.17, 15) is 13.2 Å². The molecule has 0 aromatic heterocycles. The predicted molar refractivity (Wildman–Crippen MR) is 83.2 cm³/mol. The van der Waals surface area contributed by atoms with Crippen molar-refractivity contribution in [3.05, 3.63) is 29.8 Å². The average molecular weight is 323 g/mol. The highest BCUT2D eigenvalue weighted by Gasteiger charge is 2.29. The van der Waals surface area contributed by atoms with Crippen molar-refractivity contribution in [3.63, 3.8) is 0 Å². The predicted octanol–water partition coefficient (Wildman–Crippen LogP) is 0.561. The van der Waals surface area contributed by atoms with Gasteiger partial charge in [0.15, 0.2) is 0 Å². The summed E-state index contributed by atoms with van der Waals surface area (Å²) in [5, 5.41) is 3.24. The third kappa shape index (κ3) is 3.31. The molecule has 0 bridgehead atoms. The summed E-state index contributed by atoms with van der Waals surface area (Å²) in [5.74, 6) is -0.113. The maximum Gasteiger partial charge on any atom is 0.254 e. The van der Waals surface area contributed by atoms with E-state index in [2.05, 4.69) is 10.0 Å². The second-order valence-corrected chi connectivity index (χ2v) is 7.69. The molecule has 2 aliphatic rings. The summed E-state index contributed by atoms with van der Waals surface area (Å²) in [6.07, 6.45) is 1.77. The van der Waals surface area contributed by atoms with Gasteiger partial charge in [0.05, 0.1) is 4.90 Å². The number of piperazine rings is 1. The molecular formula is C15H21N3O3S. The highest BCUT2D eigenvalue weighted by atomic mass is 32.2. The van der Waals surface area contributed by atoms with Gasteiger partial charge in [-0.2, -0.15) is 0 Å². The zero-order chi connectivity index (χ0) is 15.7. The second-order valence-electron chi connectivity index (χ2n) is 5.98. The van der Waals surface area contributed by atoms with Crippen LogP contribution >= 0.6 is 0 Å². The Morgan fingerprint density at radius 3 is 2.82 bits per heavy atom. The second kappa shape index (κ2) is 5.98. The third-order valence-corrected chi connectivity index (χ3v) is 5.57. The molecule has 120 valence electrons. The molecule has 1 amide bonds. The Bertz CT molecular complexity index is 670. The largest absolute Gasteiger partial charge is 0.333 e. The first kappa shape index (κ1) is 15.5. The van der Waals surface area contributed by atoms with E-state index in [4.69, 9.17) is 0 Å². The van der Waals surface area contributed by atoms with Gasteiger partial charge in [-0.25, -0.2) is 13.1 Å². The van der Waals surface area contributed by atoms with Crippen LogP contribution < -0.4 is 10.0 Å². The maximum absolute atomic E-state index is 12.6. The fraction of sp³-hybridized carbons (Fsp3) is 0.533. The monoisotopic (exact) mass is 323 g/mol. The number of benzene rings is 1. The molecule has 1 saturated heterocycles. The van der Waals surface area contributed by atoms with E-state index < -0.39 is 10.0 Å². The molecule has 6 nitrogen and oxygen atoms in total. The Morgan fingerprint density at radius 2 is 2.14 bits per heavy atom. The summed E-state index contributed by atoms with van der Waals surface area (Å²) >= 11 is 0. The molecule has 1 aliphatic heterocycles. The van der Waals surface area contributed by atoms with Crippen molar-refractivity contribution in [3.8, 4) is 0 Å². The average Bonchev–Trinajstić information content (AvgIpc) is 3.30. The molecule has 1 aromatic rings. The molecule has 22 heavy (non-hydrogen) atoms. The smallest absolute Gasteiger partial charge is 0.254 e. The van der Waals surface area contributed by atoms with E-state index >= 15 is 0 Å². The Kier molecular flexibility index (Phi) is 4.20. The van der Waals surface area contributed by atoms with Gasteiger partial charge in [-0.1, -0.05) is 6.07 Å². The molecule has 1 heterocycles. The molecule has 2 N–H and O–H groups in total. The third-order valence-electron chi connectivity index (χ3n) is 4.05. The number of sulfonamides is 1. The molecule has 7 heteroatoms. The number of rotatable bonds is 4. The number of nitrogens with zero attached hydrogens (tertiary/aromatic N) is 1. The molecule has 0 spiro atoms. The summed E-state index contributed by atoms with van der Waals surface area (Å²) in [5.41, 5.74) is 0.424. The first-order valence-electron chi connectivity index (χ1n) is 7.61. The van der Waals surface area contributed by atoms with Crippen molar-refractivity contribution in [2.24, 2.45) is 0 Å². The highest BCUT2D eigenvalue weighted by molar-refractivity contribution is 7.89. The maximum atomic E-state index is 12.6. The summed E-state index contributed by atoms with van der Waals surface area (Å²) < 4.78 is 27.1. The lowest BCUT2D eigenvalue weighted by Crippen LogP contribution is -2.52. The van der Waals surface area contributed by atoms with Crippen molar-refractivity contribution >= 4 is 15.9 Å². The Morgan fingerprint density at radius 1 is 1.36 bits per heavy atom. The first-order valence-corrected chi connectivity index (χ1v) is 9.10. The molecule has 3 rings (SSSR count). The zero-order valence-electron chi connectivity index (χ0n) is 12.6. The lowest BCUT2D eigenvalue weighted by molar-refractivity contribution is 0.0655. The topological polar surface area (TPSA) is 78.5 Å². The van der Waals surface area contributed by atoms with Crippen molar-refractivity contribution in [1.29, 1.82) is 0 Å². The molecule has 0 radical (unpaired) electrons. The quantitative estimate of drug-likeness (QED) is 0.849. The number of carbonyl (C=O) groups is 1. The van der Waals surface area contributed by atoms with E-state index in [0.717, 1.165) is 25.9 Å². The Labute approximate surface area is 130 Å². The number of nitrogens with one attached hydrogen (secondary N) is 2. The van der Waals surface area contributed by atoms with Gasteiger partial charge in [0.25, 0.3) is 5.91 Å². The van der Waals surface area contributed by atoms with Crippen molar-refractivity contribution in [2.45, 2.75) is 36.7 Å². The van der Waals surface area contributed by atoms with Crippen LogP contribution in [0.2, 0.25) is 0 Å². The van der Waals surface area contributed by atoms with Gasteiger partial charge in [0.2, 0.25) is 10.0 Å². The molecule has 1 saturated carbocycles. The first-order chi connectivity index (χ1) is 10.5. The van der Waals surface area contributed by atoms with E-state index in [1.165, 1.54) is 12.1 Å². The van der Waals surface area contributed by atoms with Crippen LogP contribution in [-0.2, 0) is 10.0 Å². The Balaban J connectivity index is 1.82. The fourth-order valence-electron chi connectivity index (χ4n) is 2.59. The summed E-state index contributed by atoms with van der Waals surface area (Å²) in [6, 6.07) is 6.46. The van der Waals surface area contributed by atoms with Crippen LogP contribution in [0.1, 0.15) is 30.1 Å². The number of hydrogen-bond acceptors (Lipinski definition) is 4. The van der Waals surface area contributed by atoms with E-state index in [0.29, 0.717) is 12.1 Å². The van der Waals surface area contributed by atoms with E-state index in [1.807, 2.05) is 6.92 Å². The van der Waals surface area contributed by atoms with Crippen molar-refractivity contribution in [1.82, 2.24) is 14.9 Å². The summed E-state index contributed by atoms with van der Waals surface area (Å²) in [6.45, 7) is 4.14. The Hall–Kier alpha value is -1.44. The lowest BCUT2D eigenvalue weighted by atomic mass is 10.1. The lowest BCUT2D eigenvalue weighted by Gasteiger charge is -2.34. The molecule has 2 fully saturated rings. The van der Waals surface area contributed by atoms with Crippen LogP contribution in [0.4, 0.5) is 0 Å². The van der Waals surface area contributed by atoms with Crippen LogP contribution in [-0.4, -0.2) is 50.9 Å². The number of hydrogen-bond donors (Lipinski definition) is 2. The standard InChI is InChI=1S/C15H21N3O3S/c1-11-10-16-7-8-18(11)15(19)12-3-2-4-14(9-12)22(20,21)17-13-5-6-13/h2-4,9,11,13,16-17H,5-8,10H2,1H3/t11-/m0/s1. The minimum Gasteiger partial charge on any atom is -0.333 e. The minimum atomic E-state index is -3.53. The van der Waals surface area contributed by atoms with Crippen LogP contribution in [0, 0.1) is 0 Å². The summed E-state index contributed by atoms with van der Waals surface area (Å²) in [4.78, 5) is 14.6. The normalized spacial score (nSPS) is 22.6. The van der Waals surface area contributed by atoms with Crippen molar-refractivity contribution < 1.29 is 13.2 Å². The summed E-state index contributed by atoms with van der Waals surface area (Å²) in [7, 11) is -3.53. The van der Waals surface area contributed by atoms with Gasteiger partial charge in [-0.15, -0.1) is 0 Å². The van der Waals surface area contributed by atoms with Crippen LogP contribution in [0.5, 0.6) is 0 Å². The highest BCUT2D eigenvalue weighted by Crippen LogP contribution is 2.23. The SMILES string of the molecule is C[C@H]1CNCCN1C(=O)c1cccc(S(=O)(=O)NC2CC2)c1. The molecule has 0 unspecified atom stereocenters. The van der Waals surface area contributed by atoms with E-state index in [-0.39, 0.29) is 22.9 Å². The molecule has 1 atom stereocenters. The fourth-order valence-corrected chi connectivity index (χ4v) is 3.94. The van der Waals surface area contributed by atoms with Gasteiger partial charge in [0, 0.05) is 37.3 Å². The zero-order valence-corrected chi connectivity index (χ0v) is 13.4.